The Hall–Kier alpha value is -2.29. The zero-order valence-electron chi connectivity index (χ0n) is 21.5. The summed E-state index contributed by atoms with van der Waals surface area (Å²) in [5, 5.41) is 5.11. The maximum Gasteiger partial charge on any atom is 0.223 e. The van der Waals surface area contributed by atoms with Gasteiger partial charge in [0.05, 0.1) is 18.9 Å². The summed E-state index contributed by atoms with van der Waals surface area (Å²) in [5.74, 6) is -0.682. The molecule has 1 spiro atoms. The van der Waals surface area contributed by atoms with E-state index in [-0.39, 0.29) is 23.6 Å². The van der Waals surface area contributed by atoms with Gasteiger partial charge in [-0.1, -0.05) is 24.9 Å². The molecule has 198 valence electrons. The number of hydrogen-bond acceptors (Lipinski definition) is 6. The number of carbonyl (C=O) groups is 1. The molecular weight excluding hydrogens is 491 g/mol. The number of halogens is 1. The Morgan fingerprint density at radius 1 is 1.16 bits per heavy atom. The van der Waals surface area contributed by atoms with Crippen LogP contribution in [-0.2, 0) is 32.9 Å². The summed E-state index contributed by atoms with van der Waals surface area (Å²) in [6, 6.07) is 6.87. The number of amides is 1. The summed E-state index contributed by atoms with van der Waals surface area (Å²) in [7, 11) is 0. The van der Waals surface area contributed by atoms with Crippen molar-refractivity contribution in [3.63, 3.8) is 0 Å². The number of benzene rings is 1. The molecule has 2 saturated heterocycles. The number of rotatable bonds is 7. The Kier molecular flexibility index (Phi) is 7.07. The first-order valence-corrected chi connectivity index (χ1v) is 14.6. The van der Waals surface area contributed by atoms with Crippen molar-refractivity contribution in [3.8, 4) is 0 Å². The van der Waals surface area contributed by atoms with Gasteiger partial charge in [0, 0.05) is 58.1 Å². The molecule has 1 unspecified atom stereocenters. The molecule has 2 fully saturated rings. The predicted octanol–water partition coefficient (Wildman–Crippen LogP) is 6.32. The number of likely N-dealkylation sites (tertiary alicyclic amines) is 1. The van der Waals surface area contributed by atoms with Crippen LogP contribution < -0.4 is 0 Å². The summed E-state index contributed by atoms with van der Waals surface area (Å²) in [6.07, 6.45) is 8.77. The summed E-state index contributed by atoms with van der Waals surface area (Å²) < 4.78 is 31.6. The van der Waals surface area contributed by atoms with Crippen LogP contribution in [0.1, 0.15) is 78.8 Å². The molecule has 3 aliphatic rings. The van der Waals surface area contributed by atoms with Crippen LogP contribution in [0.4, 0.5) is 4.39 Å². The number of aromatic nitrogens is 1. The van der Waals surface area contributed by atoms with Gasteiger partial charge in [0.1, 0.15) is 5.82 Å². The van der Waals surface area contributed by atoms with Crippen LogP contribution in [0, 0.1) is 11.7 Å². The standard InChI is InChI=1S/C29H35FN2O4S/c1-2-3-4-5-22-18-24-26(37-22)9-6-20(29(24)34-14-15-35-29)16-27(33)32-12-10-19(11-13-32)28-23-8-7-21(30)17-25(23)36-31-28/h7-8,17-20H,2-6,9-16H2,1H3. The van der Waals surface area contributed by atoms with Crippen LogP contribution in [-0.4, -0.2) is 42.3 Å². The zero-order chi connectivity index (χ0) is 25.4. The number of piperidine rings is 1. The molecule has 1 amide bonds. The average molecular weight is 527 g/mol. The van der Waals surface area contributed by atoms with Gasteiger partial charge in [-0.2, -0.15) is 0 Å². The van der Waals surface area contributed by atoms with E-state index in [2.05, 4.69) is 18.1 Å². The fourth-order valence-electron chi connectivity index (χ4n) is 6.38. The first kappa shape index (κ1) is 25.0. The first-order valence-electron chi connectivity index (χ1n) is 13.8. The van der Waals surface area contributed by atoms with Crippen LogP contribution in [0.25, 0.3) is 11.0 Å². The van der Waals surface area contributed by atoms with E-state index in [9.17, 15) is 9.18 Å². The minimum Gasteiger partial charge on any atom is -0.356 e. The van der Waals surface area contributed by atoms with Crippen LogP contribution in [0.3, 0.4) is 0 Å². The third kappa shape index (κ3) is 4.72. The van der Waals surface area contributed by atoms with Gasteiger partial charge in [0.15, 0.2) is 11.4 Å². The van der Waals surface area contributed by atoms with Crippen molar-refractivity contribution in [2.24, 2.45) is 5.92 Å². The van der Waals surface area contributed by atoms with E-state index in [0.717, 1.165) is 43.2 Å². The zero-order valence-corrected chi connectivity index (χ0v) is 22.3. The maximum atomic E-state index is 13.5. The molecule has 8 heteroatoms. The van der Waals surface area contributed by atoms with Crippen LogP contribution in [0.5, 0.6) is 0 Å². The van der Waals surface area contributed by atoms with Crippen molar-refractivity contribution in [3.05, 3.63) is 51.1 Å². The molecule has 1 aromatic carbocycles. The lowest BCUT2D eigenvalue weighted by molar-refractivity contribution is -0.213. The SMILES string of the molecule is CCCCCc1cc2c(s1)CCC(CC(=O)N1CCC(c3noc4cc(F)ccc34)CC1)C21OCCO1. The minimum absolute atomic E-state index is 0.0280. The number of ether oxygens (including phenoxy) is 2. The summed E-state index contributed by atoms with van der Waals surface area (Å²) in [4.78, 5) is 18.3. The summed E-state index contributed by atoms with van der Waals surface area (Å²) in [5.41, 5.74) is 2.54. The second-order valence-electron chi connectivity index (χ2n) is 10.7. The topological polar surface area (TPSA) is 64.8 Å². The Morgan fingerprint density at radius 2 is 1.97 bits per heavy atom. The number of aryl methyl sites for hydroxylation is 2. The van der Waals surface area contributed by atoms with Crippen LogP contribution >= 0.6 is 11.3 Å². The molecule has 3 aromatic rings. The molecule has 2 aromatic heterocycles. The van der Waals surface area contributed by atoms with Crippen LogP contribution in [0.15, 0.2) is 28.8 Å². The monoisotopic (exact) mass is 526 g/mol. The molecule has 37 heavy (non-hydrogen) atoms. The van der Waals surface area contributed by atoms with E-state index in [1.165, 1.54) is 46.7 Å². The normalized spacial score (nSPS) is 21.7. The molecule has 1 aliphatic carbocycles. The van der Waals surface area contributed by atoms with Gasteiger partial charge < -0.3 is 18.9 Å². The number of unbranched alkanes of at least 4 members (excludes halogenated alkanes) is 2. The van der Waals surface area contributed by atoms with E-state index in [1.807, 2.05) is 16.2 Å². The van der Waals surface area contributed by atoms with Gasteiger partial charge in [-0.25, -0.2) is 4.39 Å². The summed E-state index contributed by atoms with van der Waals surface area (Å²) in [6.45, 7) is 4.76. The number of hydrogen-bond donors (Lipinski definition) is 0. The number of nitrogens with zero attached hydrogens (tertiary/aromatic N) is 2. The first-order chi connectivity index (χ1) is 18.1. The quantitative estimate of drug-likeness (QED) is 0.337. The fourth-order valence-corrected chi connectivity index (χ4v) is 7.65. The van der Waals surface area contributed by atoms with Gasteiger partial charge in [-0.05, 0) is 56.7 Å². The Balaban J connectivity index is 1.12. The van der Waals surface area contributed by atoms with Crippen molar-refractivity contribution in [1.29, 1.82) is 0 Å². The number of thiophene rings is 1. The van der Waals surface area contributed by atoms with E-state index < -0.39 is 5.79 Å². The molecular formula is C29H35FN2O4S. The molecule has 6 nitrogen and oxygen atoms in total. The molecule has 0 bridgehead atoms. The molecule has 0 N–H and O–H groups in total. The van der Waals surface area contributed by atoms with Gasteiger partial charge in [0.25, 0.3) is 0 Å². The summed E-state index contributed by atoms with van der Waals surface area (Å²) >= 11 is 1.91. The van der Waals surface area contributed by atoms with Crippen LogP contribution in [0.2, 0.25) is 0 Å². The highest BCUT2D eigenvalue weighted by atomic mass is 32.1. The van der Waals surface area contributed by atoms with Crippen molar-refractivity contribution in [2.75, 3.05) is 26.3 Å². The van der Waals surface area contributed by atoms with Gasteiger partial charge in [0.2, 0.25) is 5.91 Å². The van der Waals surface area contributed by atoms with Gasteiger partial charge in [-0.15, -0.1) is 11.3 Å². The highest BCUT2D eigenvalue weighted by molar-refractivity contribution is 7.12. The number of carbonyl (C=O) groups excluding carboxylic acids is 1. The van der Waals surface area contributed by atoms with E-state index >= 15 is 0 Å². The molecule has 1 atom stereocenters. The minimum atomic E-state index is -0.768. The van der Waals surface area contributed by atoms with E-state index in [4.69, 9.17) is 14.0 Å². The lowest BCUT2D eigenvalue weighted by Gasteiger charge is -2.40. The van der Waals surface area contributed by atoms with E-state index in [0.29, 0.717) is 38.3 Å². The van der Waals surface area contributed by atoms with Gasteiger partial charge >= 0.3 is 0 Å². The largest absolute Gasteiger partial charge is 0.356 e. The van der Waals surface area contributed by atoms with Crippen molar-refractivity contribution >= 4 is 28.2 Å². The lowest BCUT2D eigenvalue weighted by Crippen LogP contribution is -2.45. The molecule has 6 rings (SSSR count). The lowest BCUT2D eigenvalue weighted by atomic mass is 9.79. The molecule has 4 heterocycles. The number of fused-ring (bicyclic) bond motifs is 3. The average Bonchev–Trinajstić information content (AvgIpc) is 3.65. The fraction of sp³-hybridized carbons (Fsp3) is 0.586. The predicted molar refractivity (Wildman–Crippen MR) is 140 cm³/mol. The maximum absolute atomic E-state index is 13.5. The second kappa shape index (κ2) is 10.5. The highest BCUT2D eigenvalue weighted by Gasteiger charge is 2.51. The highest BCUT2D eigenvalue weighted by Crippen LogP contribution is 2.50. The smallest absolute Gasteiger partial charge is 0.223 e. The Bertz CT molecular complexity index is 1260. The molecule has 0 saturated carbocycles. The molecule has 2 aliphatic heterocycles. The van der Waals surface area contributed by atoms with Crippen molar-refractivity contribution in [1.82, 2.24) is 10.1 Å². The van der Waals surface area contributed by atoms with Crippen molar-refractivity contribution in [2.45, 2.75) is 76.4 Å². The van der Waals surface area contributed by atoms with E-state index in [1.54, 1.807) is 6.07 Å². The third-order valence-corrected chi connectivity index (χ3v) is 9.61. The Labute approximate surface area is 221 Å². The van der Waals surface area contributed by atoms with Gasteiger partial charge in [-0.3, -0.25) is 4.79 Å². The second-order valence-corrected chi connectivity index (χ2v) is 11.9. The van der Waals surface area contributed by atoms with Crippen molar-refractivity contribution < 1.29 is 23.2 Å². The third-order valence-electron chi connectivity index (χ3n) is 8.35. The Morgan fingerprint density at radius 3 is 2.76 bits per heavy atom. The molecule has 0 radical (unpaired) electrons.